The van der Waals surface area contributed by atoms with Gasteiger partial charge in [0.05, 0.1) is 22.8 Å². The average Bonchev–Trinajstić information content (AvgIpc) is 4.30. The average molecular weight is 969 g/mol. The Morgan fingerprint density at radius 3 is 1.04 bits per heavy atom. The van der Waals surface area contributed by atoms with Gasteiger partial charge in [-0.15, -0.1) is 0 Å². The second-order valence-electron chi connectivity index (χ2n) is 20.1. The van der Waals surface area contributed by atoms with Gasteiger partial charge in [0, 0.05) is 84.0 Å². The number of nitrogens with one attached hydrogen (secondary N) is 2. The van der Waals surface area contributed by atoms with Crippen molar-refractivity contribution in [2.45, 2.75) is 32.6 Å². The minimum atomic E-state index is -0.824. The molecule has 8 heteroatoms. The number of H-pyrrole nitrogens is 2. The molecule has 15 rings (SSSR count). The van der Waals surface area contributed by atoms with Gasteiger partial charge in [-0.3, -0.25) is 19.2 Å². The first-order valence-corrected chi connectivity index (χ1v) is 25.2. The van der Waals surface area contributed by atoms with E-state index in [-0.39, 0.29) is 34.3 Å². The van der Waals surface area contributed by atoms with Crippen LogP contribution in [0, 0.1) is 20.8 Å². The third-order valence-electron chi connectivity index (χ3n) is 15.6. The van der Waals surface area contributed by atoms with E-state index in [2.05, 4.69) is 152 Å². The molecule has 0 radical (unpaired) electrons. The van der Waals surface area contributed by atoms with Gasteiger partial charge in [0.2, 0.25) is 0 Å². The fourth-order valence-electron chi connectivity index (χ4n) is 12.0. The lowest BCUT2D eigenvalue weighted by atomic mass is 9.55. The van der Waals surface area contributed by atoms with Crippen LogP contribution in [-0.4, -0.2) is 43.1 Å². The van der Waals surface area contributed by atoms with Crippen LogP contribution in [0.25, 0.3) is 96.5 Å². The van der Waals surface area contributed by atoms with Crippen molar-refractivity contribution in [1.82, 2.24) is 19.9 Å². The van der Waals surface area contributed by atoms with E-state index in [4.69, 9.17) is 9.97 Å². The maximum absolute atomic E-state index is 15.0. The summed E-state index contributed by atoms with van der Waals surface area (Å²) in [5.74, 6) is -2.89. The Morgan fingerprint density at radius 1 is 0.347 bits per heavy atom. The minimum absolute atomic E-state index is 0.242. The molecule has 2 N–H and O–H groups in total. The molecule has 5 heterocycles. The Kier molecular flexibility index (Phi) is 9.81. The van der Waals surface area contributed by atoms with Gasteiger partial charge >= 0.3 is 0 Å². The number of benzene rings is 5. The third kappa shape index (κ3) is 6.90. The van der Waals surface area contributed by atoms with Crippen molar-refractivity contribution in [2.24, 2.45) is 0 Å². The highest BCUT2D eigenvalue weighted by molar-refractivity contribution is 6.40. The SMILES string of the molecule is Cc1ccc(-c2c3nc(c(-c4ccc(C)cc4)c4ccc([nH]4)c(-c4ccc(C5=CC(=O)C6=C(C5=O)C5C7=C(C(=O)C=CC7=O)C6c6ccccc65)cc4)c4nc(c(-c5ccc(C)cc5)c5ccc2[nH]5)C=C4)C=C3)cc1. The summed E-state index contributed by atoms with van der Waals surface area (Å²) in [7, 11) is 0. The van der Waals surface area contributed by atoms with E-state index in [1.165, 1.54) is 23.8 Å². The van der Waals surface area contributed by atoms with Crippen LogP contribution in [0.2, 0.25) is 0 Å². The number of carbonyl (C=O) groups excluding carboxylic acids is 4. The van der Waals surface area contributed by atoms with Gasteiger partial charge in [0.25, 0.3) is 0 Å². The van der Waals surface area contributed by atoms with Crippen molar-refractivity contribution < 1.29 is 19.2 Å². The first-order valence-electron chi connectivity index (χ1n) is 25.2. The van der Waals surface area contributed by atoms with E-state index in [1.54, 1.807) is 0 Å². The maximum atomic E-state index is 15.0. The molecule has 0 spiro atoms. The molecular weight excluding hydrogens is 925 g/mol. The Hall–Kier alpha value is -9.66. The number of allylic oxidation sites excluding steroid dienone is 8. The standard InChI is InChI=1S/C67H44N4O4/c1-35-8-14-39(15-9-35)57-46-24-26-48(68-46)58(40-16-10-36(2)11-17-40)50-28-30-52(70-50)60(53-31-29-51(71-53)59(49-27-25-47(57)69-49)41-18-12-37(3)13-19-41)42-22-20-38(21-23-42)45-34-56(74)65-61-43-6-4-5-7-44(43)62(66(65)67(45)75)64-55(73)33-32-54(72)63(61)64/h4-34,61-62,68,71H,1-3H3. The lowest BCUT2D eigenvalue weighted by Crippen LogP contribution is -2.40. The summed E-state index contributed by atoms with van der Waals surface area (Å²) in [6.07, 6.45) is 12.3. The molecule has 10 bridgehead atoms. The molecule has 75 heavy (non-hydrogen) atoms. The molecule has 2 unspecified atom stereocenters. The summed E-state index contributed by atoms with van der Waals surface area (Å²) in [4.78, 5) is 75.1. The Labute approximate surface area is 431 Å². The van der Waals surface area contributed by atoms with Crippen LogP contribution in [0.15, 0.2) is 186 Å². The number of fused-ring (bicyclic) bond motifs is 8. The van der Waals surface area contributed by atoms with Gasteiger partial charge in [0.1, 0.15) is 0 Å². The minimum Gasteiger partial charge on any atom is -0.354 e. The highest BCUT2D eigenvalue weighted by Crippen LogP contribution is 2.59. The Morgan fingerprint density at radius 2 is 0.667 bits per heavy atom. The molecule has 7 aliphatic rings. The van der Waals surface area contributed by atoms with Crippen molar-refractivity contribution >= 4 is 75.1 Å². The third-order valence-corrected chi connectivity index (χ3v) is 15.6. The lowest BCUT2D eigenvalue weighted by Gasteiger charge is -2.44. The summed E-state index contributed by atoms with van der Waals surface area (Å²) in [5, 5.41) is 0. The van der Waals surface area contributed by atoms with Crippen molar-refractivity contribution in [2.75, 3.05) is 0 Å². The summed E-state index contributed by atoms with van der Waals surface area (Å²) in [5.41, 5.74) is 21.3. The second kappa shape index (κ2) is 16.7. The molecule has 5 aromatic carbocycles. The summed E-state index contributed by atoms with van der Waals surface area (Å²) >= 11 is 0. The van der Waals surface area contributed by atoms with Crippen LogP contribution in [0.1, 0.15) is 68.0 Å². The van der Waals surface area contributed by atoms with Crippen molar-refractivity contribution in [3.05, 3.63) is 242 Å². The number of hydrogen-bond acceptors (Lipinski definition) is 6. The van der Waals surface area contributed by atoms with Crippen molar-refractivity contribution in [3.63, 3.8) is 0 Å². The summed E-state index contributed by atoms with van der Waals surface area (Å²) < 4.78 is 0. The predicted octanol–water partition coefficient (Wildman–Crippen LogP) is 14.0. The molecule has 0 amide bonds. The maximum Gasteiger partial charge on any atom is 0.191 e. The van der Waals surface area contributed by atoms with E-state index in [1.807, 2.05) is 48.5 Å². The fraction of sp³-hybridized carbons (Fsp3) is 0.0746. The van der Waals surface area contributed by atoms with Gasteiger partial charge in [-0.05, 0) is 127 Å². The summed E-state index contributed by atoms with van der Waals surface area (Å²) in [6.45, 7) is 6.26. The van der Waals surface area contributed by atoms with Crippen LogP contribution >= 0.6 is 0 Å². The number of aromatic amines is 2. The Bertz CT molecular complexity index is 4260. The number of nitrogens with zero attached hydrogens (tertiary/aromatic N) is 2. The van der Waals surface area contributed by atoms with Crippen LogP contribution in [0.5, 0.6) is 0 Å². The zero-order valence-electron chi connectivity index (χ0n) is 41.1. The molecular formula is C67H44N4O4. The van der Waals surface area contributed by atoms with Crippen LogP contribution in [-0.2, 0) is 19.2 Å². The van der Waals surface area contributed by atoms with Crippen LogP contribution in [0.3, 0.4) is 0 Å². The van der Waals surface area contributed by atoms with Crippen molar-refractivity contribution in [1.29, 1.82) is 0 Å². The molecule has 2 aliphatic heterocycles. The molecule has 8 nitrogen and oxygen atoms in total. The first-order chi connectivity index (χ1) is 36.6. The second-order valence-corrected chi connectivity index (χ2v) is 20.1. The normalized spacial score (nSPS) is 17.2. The van der Waals surface area contributed by atoms with Gasteiger partial charge in [-0.25, -0.2) is 9.97 Å². The van der Waals surface area contributed by atoms with Gasteiger partial charge in [-0.1, -0.05) is 138 Å². The van der Waals surface area contributed by atoms with Gasteiger partial charge in [0.15, 0.2) is 23.1 Å². The van der Waals surface area contributed by atoms with Gasteiger partial charge < -0.3 is 9.97 Å². The number of ketones is 4. The van der Waals surface area contributed by atoms with E-state index in [0.717, 1.165) is 112 Å². The topological polar surface area (TPSA) is 126 Å². The fourth-order valence-corrected chi connectivity index (χ4v) is 12.0. The Balaban J connectivity index is 0.971. The first kappa shape index (κ1) is 44.1. The number of hydrogen-bond donors (Lipinski definition) is 2. The lowest BCUT2D eigenvalue weighted by molar-refractivity contribution is -0.117. The quantitative estimate of drug-likeness (QED) is 0.166. The van der Waals surface area contributed by atoms with Crippen LogP contribution < -0.4 is 0 Å². The highest BCUT2D eigenvalue weighted by atomic mass is 16.1. The van der Waals surface area contributed by atoms with Crippen LogP contribution in [0.4, 0.5) is 0 Å². The predicted molar refractivity (Wildman–Crippen MR) is 298 cm³/mol. The number of Topliss-reactive ketones (excluding diaryl/α,β-unsaturated/α-hetero) is 1. The van der Waals surface area contributed by atoms with E-state index in [9.17, 15) is 14.4 Å². The summed E-state index contributed by atoms with van der Waals surface area (Å²) in [6, 6.07) is 49.3. The highest BCUT2D eigenvalue weighted by Gasteiger charge is 2.53. The monoisotopic (exact) mass is 968 g/mol. The molecule has 0 saturated carbocycles. The zero-order chi connectivity index (χ0) is 50.8. The smallest absolute Gasteiger partial charge is 0.191 e. The van der Waals surface area contributed by atoms with Gasteiger partial charge in [-0.2, -0.15) is 0 Å². The number of aryl methyl sites for hydroxylation is 3. The molecule has 5 aliphatic carbocycles. The van der Waals surface area contributed by atoms with Crippen molar-refractivity contribution in [3.8, 4) is 44.5 Å². The molecule has 0 saturated heterocycles. The molecule has 0 fully saturated rings. The van der Waals surface area contributed by atoms with E-state index < -0.39 is 11.8 Å². The number of aromatic nitrogens is 4. The number of carbonyl (C=O) groups is 4. The van der Waals surface area contributed by atoms with E-state index in [0.29, 0.717) is 22.3 Å². The molecule has 3 aromatic heterocycles. The number of rotatable bonds is 5. The molecule has 2 atom stereocenters. The zero-order valence-corrected chi connectivity index (χ0v) is 41.1. The largest absolute Gasteiger partial charge is 0.354 e. The molecule has 8 aromatic rings. The molecule has 356 valence electrons. The van der Waals surface area contributed by atoms with E-state index >= 15 is 4.79 Å².